The molecule has 1 aromatic rings. The summed E-state index contributed by atoms with van der Waals surface area (Å²) in [5.74, 6) is -2.46. The average Bonchev–Trinajstić information content (AvgIpc) is 2.04. The van der Waals surface area contributed by atoms with Crippen molar-refractivity contribution in [2.45, 2.75) is 0 Å². The number of rotatable bonds is 2. The molecule has 1 rings (SSSR count). The van der Waals surface area contributed by atoms with Gasteiger partial charge < -0.3 is 15.7 Å². The summed E-state index contributed by atoms with van der Waals surface area (Å²) in [5, 5.41) is 17.1. The Morgan fingerprint density at radius 1 is 0.929 bits per heavy atom. The average molecular weight is 208 g/mol. The summed E-state index contributed by atoms with van der Waals surface area (Å²) < 4.78 is 0. The zero-order valence-electron chi connectivity index (χ0n) is 6.52. The number of carboxylic acids is 2. The van der Waals surface area contributed by atoms with Crippen molar-refractivity contribution in [1.29, 1.82) is 0 Å². The fourth-order valence-corrected chi connectivity index (χ4v) is 0.856. The van der Waals surface area contributed by atoms with Crippen molar-refractivity contribution in [3.05, 3.63) is 35.4 Å². The van der Waals surface area contributed by atoms with E-state index in [0.29, 0.717) is 0 Å². The summed E-state index contributed by atoms with van der Waals surface area (Å²) in [4.78, 5) is 20.9. The van der Waals surface area contributed by atoms with Crippen LogP contribution in [-0.2, 0) is 0 Å². The summed E-state index contributed by atoms with van der Waals surface area (Å²) in [7, 11) is 0. The summed E-state index contributed by atoms with van der Waals surface area (Å²) in [6, 6.07) is 5.48. The van der Waals surface area contributed by atoms with E-state index >= 15 is 0 Å². The van der Waals surface area contributed by atoms with Crippen LogP contribution >= 0.6 is 0 Å². The fraction of sp³-hybridized carbons (Fsp3) is 0. The molecule has 0 spiro atoms. The molecule has 0 bridgehead atoms. The van der Waals surface area contributed by atoms with Crippen LogP contribution < -0.4 is 0 Å². The molecule has 0 aliphatic carbocycles. The van der Waals surface area contributed by atoms with Crippen LogP contribution in [-0.4, -0.2) is 57.2 Å². The minimum absolute atomic E-state index is 0. The molecule has 0 unspecified atom stereocenters. The van der Waals surface area contributed by atoms with E-state index in [1.165, 1.54) is 24.3 Å². The molecule has 0 fully saturated rings. The summed E-state index contributed by atoms with van der Waals surface area (Å²) in [6.07, 6.45) is 0. The zero-order chi connectivity index (χ0) is 9.14. The van der Waals surface area contributed by atoms with E-state index in [4.69, 9.17) is 10.2 Å². The Labute approximate surface area is 102 Å². The van der Waals surface area contributed by atoms with Gasteiger partial charge in [-0.05, 0) is 12.1 Å². The Bertz CT molecular complexity index is 303. The molecule has 0 saturated heterocycles. The quantitative estimate of drug-likeness (QED) is 0.645. The van der Waals surface area contributed by atoms with E-state index in [2.05, 4.69) is 0 Å². The van der Waals surface area contributed by atoms with Gasteiger partial charge in [-0.2, -0.15) is 0 Å². The Balaban J connectivity index is 0. The minimum atomic E-state index is -1.23. The molecule has 6 heteroatoms. The summed E-state index contributed by atoms with van der Waals surface area (Å²) in [6.45, 7) is 0. The third kappa shape index (κ3) is 3.47. The maximum atomic E-state index is 10.5. The van der Waals surface area contributed by atoms with Crippen LogP contribution in [0.4, 0.5) is 0 Å². The maximum absolute atomic E-state index is 10.5. The molecule has 0 amide bonds. The van der Waals surface area contributed by atoms with E-state index in [0.717, 1.165) is 0 Å². The van der Waals surface area contributed by atoms with Gasteiger partial charge in [0.15, 0.2) is 0 Å². The predicted octanol–water partition coefficient (Wildman–Crippen LogP) is -0.390. The van der Waals surface area contributed by atoms with Gasteiger partial charge in [0.05, 0.1) is 11.1 Å². The first-order valence-electron chi connectivity index (χ1n) is 3.18. The van der Waals surface area contributed by atoms with E-state index < -0.39 is 11.9 Å². The van der Waals surface area contributed by atoms with Gasteiger partial charge in [-0.3, -0.25) is 0 Å². The van der Waals surface area contributed by atoms with Gasteiger partial charge in [0.2, 0.25) is 0 Å². The molecule has 1 aromatic carbocycles. The van der Waals surface area contributed by atoms with Crippen molar-refractivity contribution in [1.82, 2.24) is 0 Å². The molecule has 5 nitrogen and oxygen atoms in total. The van der Waals surface area contributed by atoms with Crippen LogP contribution in [0.3, 0.4) is 0 Å². The molecule has 14 heavy (non-hydrogen) atoms. The van der Waals surface area contributed by atoms with E-state index in [1.54, 1.807) is 0 Å². The molecule has 0 heterocycles. The van der Waals surface area contributed by atoms with Gasteiger partial charge in [-0.1, -0.05) is 12.1 Å². The van der Waals surface area contributed by atoms with Crippen molar-refractivity contribution in [3.8, 4) is 0 Å². The van der Waals surface area contributed by atoms with Gasteiger partial charge in [-0.25, -0.2) is 9.59 Å². The van der Waals surface area contributed by atoms with Crippen LogP contribution in [0.1, 0.15) is 20.7 Å². The SMILES string of the molecule is O.O=C(O)c1ccccc1C(=O)O.[NaH]. The molecule has 0 saturated carbocycles. The van der Waals surface area contributed by atoms with Gasteiger partial charge in [0.1, 0.15) is 0 Å². The zero-order valence-corrected chi connectivity index (χ0v) is 6.52. The topological polar surface area (TPSA) is 106 Å². The number of benzene rings is 1. The molecule has 0 radical (unpaired) electrons. The first-order valence-corrected chi connectivity index (χ1v) is 3.18. The normalized spacial score (nSPS) is 8.00. The molecule has 0 atom stereocenters. The van der Waals surface area contributed by atoms with Gasteiger partial charge in [0, 0.05) is 0 Å². The fourth-order valence-electron chi connectivity index (χ4n) is 0.856. The summed E-state index contributed by atoms with van der Waals surface area (Å²) in [5.41, 5.74) is -0.380. The second kappa shape index (κ2) is 6.56. The first kappa shape index (κ1) is 15.6. The molecule has 4 N–H and O–H groups in total. The predicted molar refractivity (Wildman–Crippen MR) is 51.1 cm³/mol. The van der Waals surface area contributed by atoms with Crippen molar-refractivity contribution >= 4 is 41.5 Å². The Morgan fingerprint density at radius 3 is 1.43 bits per heavy atom. The number of aromatic carboxylic acids is 2. The molecular weight excluding hydrogens is 199 g/mol. The Kier molecular flexibility index (Phi) is 7.30. The number of carbonyl (C=O) groups is 2. The van der Waals surface area contributed by atoms with Gasteiger partial charge in [-0.15, -0.1) is 0 Å². The van der Waals surface area contributed by atoms with Crippen LogP contribution in [0.25, 0.3) is 0 Å². The standard InChI is InChI=1S/C8H6O4.Na.H2O.H/c9-7(10)5-3-1-2-4-6(5)8(11)12;;;/h1-4H,(H,9,10)(H,11,12);;1H2;. The second-order valence-electron chi connectivity index (χ2n) is 2.16. The van der Waals surface area contributed by atoms with Crippen molar-refractivity contribution in [3.63, 3.8) is 0 Å². The third-order valence-corrected chi connectivity index (χ3v) is 1.39. The van der Waals surface area contributed by atoms with Gasteiger partial charge >= 0.3 is 41.5 Å². The number of carboxylic acid groups (broad SMARTS) is 2. The number of hydrogen-bond donors (Lipinski definition) is 2. The molecule has 0 aliphatic rings. The molecular formula is C8H9NaO5. The third-order valence-electron chi connectivity index (χ3n) is 1.39. The van der Waals surface area contributed by atoms with E-state index in [-0.39, 0.29) is 46.2 Å². The number of hydrogen-bond acceptors (Lipinski definition) is 2. The van der Waals surface area contributed by atoms with Gasteiger partial charge in [0.25, 0.3) is 0 Å². The van der Waals surface area contributed by atoms with Crippen molar-refractivity contribution in [2.75, 3.05) is 0 Å². The van der Waals surface area contributed by atoms with E-state index in [9.17, 15) is 9.59 Å². The van der Waals surface area contributed by atoms with Crippen LogP contribution in [0.5, 0.6) is 0 Å². The van der Waals surface area contributed by atoms with Crippen LogP contribution in [0.2, 0.25) is 0 Å². The summed E-state index contributed by atoms with van der Waals surface area (Å²) >= 11 is 0. The van der Waals surface area contributed by atoms with Crippen LogP contribution in [0.15, 0.2) is 24.3 Å². The Hall–Kier alpha value is -0.880. The Morgan fingerprint density at radius 2 is 1.21 bits per heavy atom. The molecule has 0 aliphatic heterocycles. The molecule has 0 aromatic heterocycles. The van der Waals surface area contributed by atoms with Crippen molar-refractivity contribution < 1.29 is 25.3 Å². The van der Waals surface area contributed by atoms with E-state index in [1.807, 2.05) is 0 Å². The monoisotopic (exact) mass is 208 g/mol. The first-order chi connectivity index (χ1) is 5.63. The van der Waals surface area contributed by atoms with Crippen LogP contribution in [0, 0.1) is 0 Å². The molecule has 72 valence electrons. The second-order valence-corrected chi connectivity index (χ2v) is 2.16. The van der Waals surface area contributed by atoms with Crippen molar-refractivity contribution in [2.24, 2.45) is 0 Å².